The van der Waals surface area contributed by atoms with Crippen LogP contribution in [-0.2, 0) is 6.54 Å². The summed E-state index contributed by atoms with van der Waals surface area (Å²) in [7, 11) is 0. The largest absolute Gasteiger partial charge is 0.444 e. The number of oxazole rings is 1. The van der Waals surface area contributed by atoms with Gasteiger partial charge in [0.25, 0.3) is 0 Å². The Morgan fingerprint density at radius 3 is 2.65 bits per heavy atom. The van der Waals surface area contributed by atoms with Gasteiger partial charge in [0.2, 0.25) is 5.89 Å². The first-order chi connectivity index (χ1) is 8.06. The number of nitrogens with one attached hydrogen (secondary N) is 1. The van der Waals surface area contributed by atoms with Gasteiger partial charge in [-0.15, -0.1) is 11.3 Å². The molecule has 0 saturated carbocycles. The molecule has 1 unspecified atom stereocenters. The molecule has 1 N–H and O–H groups in total. The molecular weight excluding hydrogens is 234 g/mol. The van der Waals surface area contributed by atoms with Crippen LogP contribution in [0.25, 0.3) is 0 Å². The lowest BCUT2D eigenvalue weighted by atomic mass is 10.2. The third kappa shape index (κ3) is 2.92. The monoisotopic (exact) mass is 251 g/mol. The lowest BCUT2D eigenvalue weighted by molar-refractivity contribution is 0.430. The number of nitrogens with zero attached hydrogens (tertiary/aromatic N) is 2. The Morgan fingerprint density at radius 1 is 1.35 bits per heavy atom. The molecule has 0 amide bonds. The molecule has 0 spiro atoms. The van der Waals surface area contributed by atoms with E-state index in [1.807, 2.05) is 20.8 Å². The van der Waals surface area contributed by atoms with Gasteiger partial charge in [-0.2, -0.15) is 0 Å². The Balaban J connectivity index is 1.94. The SMILES string of the molecule is Cc1nc(C(C)NCc2nc(C)c(C)o2)cs1. The van der Waals surface area contributed by atoms with Crippen molar-refractivity contribution in [3.8, 4) is 0 Å². The summed E-state index contributed by atoms with van der Waals surface area (Å²) in [6.45, 7) is 8.62. The number of aryl methyl sites for hydroxylation is 3. The summed E-state index contributed by atoms with van der Waals surface area (Å²) in [5.41, 5.74) is 2.03. The van der Waals surface area contributed by atoms with Crippen molar-refractivity contribution in [2.45, 2.75) is 40.3 Å². The quantitative estimate of drug-likeness (QED) is 0.907. The second-order valence-electron chi connectivity index (χ2n) is 4.14. The van der Waals surface area contributed by atoms with Crippen LogP contribution in [0, 0.1) is 20.8 Å². The van der Waals surface area contributed by atoms with Gasteiger partial charge in [0.15, 0.2) is 0 Å². The summed E-state index contributed by atoms with van der Waals surface area (Å²) in [4.78, 5) is 8.78. The molecule has 1 atom stereocenters. The predicted octanol–water partition coefficient (Wildman–Crippen LogP) is 2.91. The first-order valence-electron chi connectivity index (χ1n) is 5.64. The summed E-state index contributed by atoms with van der Waals surface area (Å²) >= 11 is 1.67. The first-order valence-corrected chi connectivity index (χ1v) is 6.52. The highest BCUT2D eigenvalue weighted by Crippen LogP contribution is 2.16. The average Bonchev–Trinajstić information content (AvgIpc) is 2.83. The Kier molecular flexibility index (Phi) is 3.59. The fourth-order valence-electron chi connectivity index (χ4n) is 1.54. The minimum atomic E-state index is 0.215. The van der Waals surface area contributed by atoms with Gasteiger partial charge >= 0.3 is 0 Å². The second-order valence-corrected chi connectivity index (χ2v) is 5.21. The maximum atomic E-state index is 5.51. The predicted molar refractivity (Wildman–Crippen MR) is 68.1 cm³/mol. The highest BCUT2D eigenvalue weighted by molar-refractivity contribution is 7.09. The van der Waals surface area contributed by atoms with Gasteiger partial charge in [0.05, 0.1) is 22.9 Å². The molecule has 0 bridgehead atoms. The highest BCUT2D eigenvalue weighted by Gasteiger charge is 2.10. The lowest BCUT2D eigenvalue weighted by Gasteiger charge is -2.09. The standard InChI is InChI=1S/C12H17N3OS/c1-7-9(3)16-12(14-7)5-13-8(2)11-6-17-10(4)15-11/h6,8,13H,5H2,1-4H3. The van der Waals surface area contributed by atoms with Crippen LogP contribution in [0.2, 0.25) is 0 Å². The zero-order valence-electron chi connectivity index (χ0n) is 10.6. The Morgan fingerprint density at radius 2 is 2.12 bits per heavy atom. The zero-order chi connectivity index (χ0) is 12.4. The van der Waals surface area contributed by atoms with E-state index in [0.29, 0.717) is 6.54 Å². The molecule has 0 fully saturated rings. The number of hydrogen-bond acceptors (Lipinski definition) is 5. The summed E-state index contributed by atoms with van der Waals surface area (Å²) < 4.78 is 5.51. The van der Waals surface area contributed by atoms with Crippen molar-refractivity contribution in [3.05, 3.63) is 33.4 Å². The van der Waals surface area contributed by atoms with Crippen LogP contribution in [0.15, 0.2) is 9.80 Å². The fraction of sp³-hybridized carbons (Fsp3) is 0.500. The van der Waals surface area contributed by atoms with E-state index in [9.17, 15) is 0 Å². The van der Waals surface area contributed by atoms with Crippen molar-refractivity contribution in [1.82, 2.24) is 15.3 Å². The molecule has 5 heteroatoms. The van der Waals surface area contributed by atoms with Crippen LogP contribution in [0.3, 0.4) is 0 Å². The molecule has 4 nitrogen and oxygen atoms in total. The van der Waals surface area contributed by atoms with E-state index in [1.165, 1.54) is 0 Å². The Hall–Kier alpha value is -1.20. The summed E-state index contributed by atoms with van der Waals surface area (Å²) in [5.74, 6) is 1.62. The Bertz CT molecular complexity index is 484. The maximum Gasteiger partial charge on any atom is 0.208 e. The smallest absolute Gasteiger partial charge is 0.208 e. The van der Waals surface area contributed by atoms with Crippen molar-refractivity contribution in [2.75, 3.05) is 0 Å². The molecule has 0 aliphatic heterocycles. The molecule has 2 rings (SSSR count). The van der Waals surface area contributed by atoms with Crippen molar-refractivity contribution in [1.29, 1.82) is 0 Å². The van der Waals surface area contributed by atoms with Crippen molar-refractivity contribution in [2.24, 2.45) is 0 Å². The number of thiazole rings is 1. The minimum absolute atomic E-state index is 0.215. The summed E-state index contributed by atoms with van der Waals surface area (Å²) in [5, 5.41) is 6.53. The molecule has 0 aromatic carbocycles. The van der Waals surface area contributed by atoms with Gasteiger partial charge in [0, 0.05) is 11.4 Å². The normalized spacial score (nSPS) is 12.9. The average molecular weight is 251 g/mol. The summed E-state index contributed by atoms with van der Waals surface area (Å²) in [6.07, 6.45) is 0. The topological polar surface area (TPSA) is 51.0 Å². The van der Waals surface area contributed by atoms with Gasteiger partial charge in [-0.3, -0.25) is 0 Å². The van der Waals surface area contributed by atoms with E-state index in [0.717, 1.165) is 28.0 Å². The van der Waals surface area contributed by atoms with Crippen molar-refractivity contribution < 1.29 is 4.42 Å². The number of hydrogen-bond donors (Lipinski definition) is 1. The van der Waals surface area contributed by atoms with E-state index in [-0.39, 0.29) is 6.04 Å². The maximum absolute atomic E-state index is 5.51. The second kappa shape index (κ2) is 4.98. The molecule has 2 aromatic rings. The van der Waals surface area contributed by atoms with E-state index >= 15 is 0 Å². The van der Waals surface area contributed by atoms with Gasteiger partial charge in [-0.05, 0) is 27.7 Å². The molecule has 0 radical (unpaired) electrons. The van der Waals surface area contributed by atoms with Gasteiger partial charge in [0.1, 0.15) is 5.76 Å². The van der Waals surface area contributed by atoms with Gasteiger partial charge in [-0.1, -0.05) is 0 Å². The van der Waals surface area contributed by atoms with Crippen LogP contribution < -0.4 is 5.32 Å². The highest BCUT2D eigenvalue weighted by atomic mass is 32.1. The molecule has 92 valence electrons. The fourth-order valence-corrected chi connectivity index (χ4v) is 2.25. The number of aromatic nitrogens is 2. The van der Waals surface area contributed by atoms with E-state index < -0.39 is 0 Å². The van der Waals surface area contributed by atoms with E-state index in [4.69, 9.17) is 4.42 Å². The van der Waals surface area contributed by atoms with Gasteiger partial charge < -0.3 is 9.73 Å². The molecule has 2 aromatic heterocycles. The third-order valence-corrected chi connectivity index (χ3v) is 3.50. The number of rotatable bonds is 4. The molecule has 2 heterocycles. The molecule has 0 saturated heterocycles. The zero-order valence-corrected chi connectivity index (χ0v) is 11.4. The lowest BCUT2D eigenvalue weighted by Crippen LogP contribution is -2.18. The first kappa shape index (κ1) is 12.3. The summed E-state index contributed by atoms with van der Waals surface area (Å²) in [6, 6.07) is 0.215. The minimum Gasteiger partial charge on any atom is -0.444 e. The van der Waals surface area contributed by atoms with Crippen LogP contribution in [0.5, 0.6) is 0 Å². The molecule has 17 heavy (non-hydrogen) atoms. The van der Waals surface area contributed by atoms with Crippen LogP contribution in [0.4, 0.5) is 0 Å². The van der Waals surface area contributed by atoms with Crippen LogP contribution >= 0.6 is 11.3 Å². The van der Waals surface area contributed by atoms with Crippen molar-refractivity contribution in [3.63, 3.8) is 0 Å². The van der Waals surface area contributed by atoms with E-state index in [1.54, 1.807) is 11.3 Å². The van der Waals surface area contributed by atoms with Crippen LogP contribution in [0.1, 0.15) is 41.0 Å². The third-order valence-electron chi connectivity index (χ3n) is 2.71. The molecular formula is C12H17N3OS. The molecule has 0 aliphatic carbocycles. The molecule has 0 aliphatic rings. The van der Waals surface area contributed by atoms with Gasteiger partial charge in [-0.25, -0.2) is 9.97 Å². The Labute approximate surface area is 105 Å². The van der Waals surface area contributed by atoms with E-state index in [2.05, 4.69) is 27.6 Å². The van der Waals surface area contributed by atoms with Crippen LogP contribution in [-0.4, -0.2) is 9.97 Å². The van der Waals surface area contributed by atoms with Crippen molar-refractivity contribution >= 4 is 11.3 Å².